The van der Waals surface area contributed by atoms with E-state index in [0.717, 1.165) is 41.0 Å². The molecule has 1 heterocycles. The lowest BCUT2D eigenvalue weighted by Gasteiger charge is -2.55. The van der Waals surface area contributed by atoms with Crippen molar-refractivity contribution >= 4 is 27.5 Å². The van der Waals surface area contributed by atoms with Crippen molar-refractivity contribution in [1.29, 1.82) is 0 Å². The quantitative estimate of drug-likeness (QED) is 0.687. The Hall–Kier alpha value is -0.0800. The molecule has 0 spiro atoms. The molecule has 0 radical (unpaired) electrons. The van der Waals surface area contributed by atoms with Gasteiger partial charge in [0.25, 0.3) is 0 Å². The topological polar surface area (TPSA) is 12.9 Å². The van der Waals surface area contributed by atoms with Gasteiger partial charge in [0.05, 0.1) is 5.02 Å². The Kier molecular flexibility index (Phi) is 3.58. The van der Waals surface area contributed by atoms with Crippen LogP contribution in [-0.4, -0.2) is 9.81 Å². The number of halogens is 2. The van der Waals surface area contributed by atoms with Crippen LogP contribution in [0.25, 0.3) is 0 Å². The second-order valence-corrected chi connectivity index (χ2v) is 8.78. The fourth-order valence-corrected chi connectivity index (χ4v) is 6.88. The highest BCUT2D eigenvalue weighted by Gasteiger charge is 2.49. The summed E-state index contributed by atoms with van der Waals surface area (Å²) in [5.41, 5.74) is 1.25. The van der Waals surface area contributed by atoms with Gasteiger partial charge < -0.3 is 0 Å². The number of nitrogens with zero attached hydrogens (tertiary/aromatic N) is 1. The molecule has 5 rings (SSSR count). The van der Waals surface area contributed by atoms with Gasteiger partial charge in [-0.25, -0.2) is 0 Å². The van der Waals surface area contributed by atoms with Crippen molar-refractivity contribution in [1.82, 2.24) is 4.98 Å². The Balaban J connectivity index is 1.51. The summed E-state index contributed by atoms with van der Waals surface area (Å²) in [5.74, 6) is 4.91. The second kappa shape index (κ2) is 5.28. The normalized spacial score (nSPS) is 40.0. The Morgan fingerprint density at radius 3 is 2.40 bits per heavy atom. The number of pyridine rings is 1. The predicted molar refractivity (Wildman–Crippen MR) is 86.2 cm³/mol. The molecule has 1 atom stereocenters. The van der Waals surface area contributed by atoms with Crippen LogP contribution in [0.15, 0.2) is 18.5 Å². The van der Waals surface area contributed by atoms with Gasteiger partial charge in [-0.05, 0) is 79.7 Å². The van der Waals surface area contributed by atoms with Crippen molar-refractivity contribution in [3.05, 3.63) is 29.0 Å². The molecule has 4 saturated carbocycles. The smallest absolute Gasteiger partial charge is 0.0621 e. The van der Waals surface area contributed by atoms with Crippen LogP contribution in [-0.2, 0) is 6.42 Å². The molecule has 0 saturated heterocycles. The van der Waals surface area contributed by atoms with Crippen molar-refractivity contribution in [3.8, 4) is 0 Å². The van der Waals surface area contributed by atoms with Crippen molar-refractivity contribution in [2.75, 3.05) is 0 Å². The second-order valence-electron chi connectivity index (χ2n) is 7.20. The summed E-state index contributed by atoms with van der Waals surface area (Å²) < 4.78 is 0. The molecule has 0 aromatic carbocycles. The average molecular weight is 355 g/mol. The molecule has 4 fully saturated rings. The van der Waals surface area contributed by atoms with Gasteiger partial charge in [-0.2, -0.15) is 0 Å². The highest BCUT2D eigenvalue weighted by Crippen LogP contribution is 2.58. The molecule has 0 N–H and O–H groups in total. The van der Waals surface area contributed by atoms with Crippen molar-refractivity contribution < 1.29 is 0 Å². The molecular weight excluding hydrogens is 334 g/mol. The van der Waals surface area contributed by atoms with Crippen LogP contribution in [0.2, 0.25) is 5.02 Å². The van der Waals surface area contributed by atoms with Crippen LogP contribution in [0, 0.1) is 29.6 Å². The van der Waals surface area contributed by atoms with E-state index in [4.69, 9.17) is 11.6 Å². The van der Waals surface area contributed by atoms with E-state index in [0.29, 0.717) is 4.83 Å². The van der Waals surface area contributed by atoms with Gasteiger partial charge >= 0.3 is 0 Å². The zero-order valence-electron chi connectivity index (χ0n) is 11.6. The molecule has 1 aromatic heterocycles. The first kappa shape index (κ1) is 13.6. The Labute approximate surface area is 134 Å². The first-order valence-corrected chi connectivity index (χ1v) is 9.22. The SMILES string of the molecule is Clc1cnccc1CC(Br)C1C2CC3CC(C2)CC1C3. The Bertz CT molecular complexity index is 476. The Morgan fingerprint density at radius 1 is 1.15 bits per heavy atom. The first-order chi connectivity index (χ1) is 9.70. The molecule has 20 heavy (non-hydrogen) atoms. The van der Waals surface area contributed by atoms with E-state index < -0.39 is 0 Å². The van der Waals surface area contributed by atoms with Crippen molar-refractivity contribution in [3.63, 3.8) is 0 Å². The standard InChI is InChI=1S/C17H21BrClN/c18-15(8-12-1-2-20-9-16(12)19)17-13-4-10-3-11(6-13)7-14(17)5-10/h1-2,9-11,13-15,17H,3-8H2. The van der Waals surface area contributed by atoms with Gasteiger partial charge in [-0.1, -0.05) is 27.5 Å². The largest absolute Gasteiger partial charge is 0.263 e. The third-order valence-electron chi connectivity index (χ3n) is 5.99. The molecule has 1 unspecified atom stereocenters. The fourth-order valence-electron chi connectivity index (χ4n) is 5.47. The first-order valence-electron chi connectivity index (χ1n) is 7.93. The maximum atomic E-state index is 6.27. The highest BCUT2D eigenvalue weighted by molar-refractivity contribution is 9.09. The number of hydrogen-bond donors (Lipinski definition) is 0. The summed E-state index contributed by atoms with van der Waals surface area (Å²) in [6.07, 6.45) is 12.2. The molecule has 0 aliphatic heterocycles. The summed E-state index contributed by atoms with van der Waals surface area (Å²) in [4.78, 5) is 4.67. The van der Waals surface area contributed by atoms with Gasteiger partial charge in [0.1, 0.15) is 0 Å². The summed E-state index contributed by atoms with van der Waals surface area (Å²) in [6, 6.07) is 2.08. The van der Waals surface area contributed by atoms with Gasteiger partial charge in [0.2, 0.25) is 0 Å². The number of aromatic nitrogens is 1. The average Bonchev–Trinajstić information content (AvgIpc) is 2.40. The van der Waals surface area contributed by atoms with Crippen LogP contribution in [0.5, 0.6) is 0 Å². The summed E-state index contributed by atoms with van der Waals surface area (Å²) >= 11 is 10.3. The lowest BCUT2D eigenvalue weighted by molar-refractivity contribution is -0.0360. The number of hydrogen-bond acceptors (Lipinski definition) is 1. The monoisotopic (exact) mass is 353 g/mol. The van der Waals surface area contributed by atoms with Crippen LogP contribution in [0.3, 0.4) is 0 Å². The molecule has 4 aliphatic rings. The maximum Gasteiger partial charge on any atom is 0.0621 e. The van der Waals surface area contributed by atoms with Crippen LogP contribution in [0.1, 0.15) is 37.7 Å². The molecule has 3 heteroatoms. The maximum absolute atomic E-state index is 6.27. The van der Waals surface area contributed by atoms with Gasteiger partial charge in [0, 0.05) is 17.2 Å². The van der Waals surface area contributed by atoms with Crippen molar-refractivity contribution in [2.24, 2.45) is 29.6 Å². The van der Waals surface area contributed by atoms with Crippen LogP contribution < -0.4 is 0 Å². The van der Waals surface area contributed by atoms with E-state index in [9.17, 15) is 0 Å². The third-order valence-corrected chi connectivity index (χ3v) is 7.26. The Morgan fingerprint density at radius 2 is 1.80 bits per heavy atom. The zero-order valence-corrected chi connectivity index (χ0v) is 14.0. The minimum absolute atomic E-state index is 0.581. The van der Waals surface area contributed by atoms with E-state index >= 15 is 0 Å². The molecule has 4 aliphatic carbocycles. The number of rotatable bonds is 3. The summed E-state index contributed by atoms with van der Waals surface area (Å²) in [7, 11) is 0. The lowest BCUT2D eigenvalue weighted by Crippen LogP contribution is -2.48. The highest BCUT2D eigenvalue weighted by atomic mass is 79.9. The van der Waals surface area contributed by atoms with E-state index in [2.05, 4.69) is 27.0 Å². The van der Waals surface area contributed by atoms with Gasteiger partial charge in [-0.3, -0.25) is 4.98 Å². The van der Waals surface area contributed by atoms with Gasteiger partial charge in [0.15, 0.2) is 0 Å². The number of alkyl halides is 1. The van der Waals surface area contributed by atoms with Crippen molar-refractivity contribution in [2.45, 2.75) is 43.4 Å². The molecule has 0 amide bonds. The van der Waals surface area contributed by atoms with Crippen LogP contribution in [0.4, 0.5) is 0 Å². The van der Waals surface area contributed by atoms with E-state index in [1.807, 2.05) is 6.20 Å². The minimum atomic E-state index is 0.581. The molecule has 1 aromatic rings. The lowest BCUT2D eigenvalue weighted by atomic mass is 9.51. The molecule has 108 valence electrons. The summed E-state index contributed by atoms with van der Waals surface area (Å²) in [6.45, 7) is 0. The summed E-state index contributed by atoms with van der Waals surface area (Å²) in [5, 5.41) is 0.820. The molecule has 1 nitrogen and oxygen atoms in total. The molecule has 4 bridgehead atoms. The molecular formula is C17H21BrClN. The minimum Gasteiger partial charge on any atom is -0.263 e. The fraction of sp³-hybridized carbons (Fsp3) is 0.706. The zero-order chi connectivity index (χ0) is 13.7. The van der Waals surface area contributed by atoms with E-state index in [-0.39, 0.29) is 0 Å². The third kappa shape index (κ3) is 2.33. The van der Waals surface area contributed by atoms with E-state index in [1.165, 1.54) is 37.7 Å². The predicted octanol–water partition coefficient (Wildman–Crippen LogP) is 5.11. The van der Waals surface area contributed by atoms with Gasteiger partial charge in [-0.15, -0.1) is 0 Å². The van der Waals surface area contributed by atoms with Crippen LogP contribution >= 0.6 is 27.5 Å². The van der Waals surface area contributed by atoms with E-state index in [1.54, 1.807) is 6.20 Å².